The van der Waals surface area contributed by atoms with E-state index in [4.69, 9.17) is 27.9 Å². The molecule has 1 fully saturated rings. The van der Waals surface area contributed by atoms with Crippen LogP contribution >= 0.6 is 23.2 Å². The zero-order valence-corrected chi connectivity index (χ0v) is 15.6. The zero-order valence-electron chi connectivity index (χ0n) is 14.1. The summed E-state index contributed by atoms with van der Waals surface area (Å²) >= 11 is 11.8. The molecule has 1 aromatic rings. The Morgan fingerprint density at radius 3 is 2.42 bits per heavy atom. The van der Waals surface area contributed by atoms with Crippen molar-refractivity contribution in [1.29, 1.82) is 0 Å². The highest BCUT2D eigenvalue weighted by molar-refractivity contribution is 6.35. The average Bonchev–Trinajstić information content (AvgIpc) is 2.61. The minimum atomic E-state index is -0.995. The number of amides is 2. The fourth-order valence-corrected chi connectivity index (χ4v) is 3.33. The van der Waals surface area contributed by atoms with E-state index in [9.17, 15) is 19.5 Å². The normalized spacial score (nSPS) is 20.7. The minimum Gasteiger partial charge on any atom is -0.481 e. The van der Waals surface area contributed by atoms with Crippen LogP contribution in [0.3, 0.4) is 0 Å². The first kappa shape index (κ1) is 20.3. The summed E-state index contributed by atoms with van der Waals surface area (Å²) in [7, 11) is 0. The Hall–Kier alpha value is -1.99. The molecule has 2 amide bonds. The van der Waals surface area contributed by atoms with Gasteiger partial charge in [0.2, 0.25) is 5.91 Å². The standard InChI is InChI=1S/C17H20Cl2N2O5/c1-9(26-14-7-6-10(18)8-13(14)19)15(22)20-21-16(23)11-4-2-3-5-12(11)17(24)25/h6-9,11-12H,2-5H2,1H3,(H,20,22)(H,21,23)(H,24,25)/t9-,11-,12+/m0/s1. The third-order valence-corrected chi connectivity index (χ3v) is 4.83. The molecule has 0 heterocycles. The largest absolute Gasteiger partial charge is 0.481 e. The van der Waals surface area contributed by atoms with Crippen molar-refractivity contribution in [3.8, 4) is 5.75 Å². The summed E-state index contributed by atoms with van der Waals surface area (Å²) in [5.74, 6) is -3.21. The number of carbonyl (C=O) groups is 3. The Balaban J connectivity index is 1.88. The number of hydrogen-bond donors (Lipinski definition) is 3. The van der Waals surface area contributed by atoms with Crippen molar-refractivity contribution in [1.82, 2.24) is 10.9 Å². The lowest BCUT2D eigenvalue weighted by molar-refractivity contribution is -0.149. The summed E-state index contributed by atoms with van der Waals surface area (Å²) in [6.07, 6.45) is 1.56. The van der Waals surface area contributed by atoms with E-state index in [1.54, 1.807) is 6.07 Å². The Morgan fingerprint density at radius 1 is 1.15 bits per heavy atom. The van der Waals surface area contributed by atoms with E-state index >= 15 is 0 Å². The zero-order chi connectivity index (χ0) is 19.3. The van der Waals surface area contributed by atoms with Gasteiger partial charge in [0.05, 0.1) is 16.9 Å². The first-order valence-electron chi connectivity index (χ1n) is 8.24. The van der Waals surface area contributed by atoms with Crippen molar-refractivity contribution in [2.45, 2.75) is 38.7 Å². The van der Waals surface area contributed by atoms with E-state index in [2.05, 4.69) is 10.9 Å². The molecule has 1 saturated carbocycles. The molecule has 0 aromatic heterocycles. The van der Waals surface area contributed by atoms with Crippen LogP contribution in [0.2, 0.25) is 10.0 Å². The molecule has 26 heavy (non-hydrogen) atoms. The molecule has 0 spiro atoms. The highest BCUT2D eigenvalue weighted by atomic mass is 35.5. The molecule has 0 bridgehead atoms. The van der Waals surface area contributed by atoms with Gasteiger partial charge in [-0.1, -0.05) is 36.0 Å². The van der Waals surface area contributed by atoms with Crippen molar-refractivity contribution in [2.75, 3.05) is 0 Å². The van der Waals surface area contributed by atoms with E-state index in [1.807, 2.05) is 0 Å². The molecule has 3 N–H and O–H groups in total. The predicted octanol–water partition coefficient (Wildman–Crippen LogP) is 2.80. The van der Waals surface area contributed by atoms with E-state index in [-0.39, 0.29) is 10.8 Å². The summed E-state index contributed by atoms with van der Waals surface area (Å²) in [5, 5.41) is 9.92. The van der Waals surface area contributed by atoms with Crippen molar-refractivity contribution in [3.63, 3.8) is 0 Å². The van der Waals surface area contributed by atoms with Crippen LogP contribution in [0.4, 0.5) is 0 Å². The maximum absolute atomic E-state index is 12.2. The van der Waals surface area contributed by atoms with Gasteiger partial charge in [-0.2, -0.15) is 0 Å². The monoisotopic (exact) mass is 402 g/mol. The molecule has 2 rings (SSSR count). The molecule has 0 aliphatic heterocycles. The number of hydrazine groups is 1. The van der Waals surface area contributed by atoms with Gasteiger partial charge in [0.25, 0.3) is 5.91 Å². The quantitative estimate of drug-likeness (QED) is 0.656. The molecule has 9 heteroatoms. The SMILES string of the molecule is C[C@H](Oc1ccc(Cl)cc1Cl)C(=O)NNC(=O)[C@H]1CCCC[C@H]1C(=O)O. The topological polar surface area (TPSA) is 105 Å². The number of nitrogens with one attached hydrogen (secondary N) is 2. The minimum absolute atomic E-state index is 0.257. The number of hydrogen-bond acceptors (Lipinski definition) is 4. The molecule has 142 valence electrons. The third-order valence-electron chi connectivity index (χ3n) is 4.30. The lowest BCUT2D eigenvalue weighted by Gasteiger charge is -2.27. The van der Waals surface area contributed by atoms with Crippen LogP contribution < -0.4 is 15.6 Å². The summed E-state index contributed by atoms with van der Waals surface area (Å²) in [5.41, 5.74) is 4.56. The van der Waals surface area contributed by atoms with Gasteiger partial charge in [-0.05, 0) is 38.0 Å². The number of carbonyl (C=O) groups excluding carboxylic acids is 2. The van der Waals surface area contributed by atoms with Crippen LogP contribution in [0.15, 0.2) is 18.2 Å². The second-order valence-corrected chi connectivity index (χ2v) is 6.99. The molecule has 0 unspecified atom stereocenters. The van der Waals surface area contributed by atoms with Gasteiger partial charge >= 0.3 is 5.97 Å². The van der Waals surface area contributed by atoms with Crippen LogP contribution in [0, 0.1) is 11.8 Å². The summed E-state index contributed by atoms with van der Waals surface area (Å²) in [4.78, 5) is 35.6. The predicted molar refractivity (Wildman–Crippen MR) is 95.9 cm³/mol. The highest BCUT2D eigenvalue weighted by Crippen LogP contribution is 2.30. The lowest BCUT2D eigenvalue weighted by atomic mass is 9.79. The molecule has 0 radical (unpaired) electrons. The Kier molecular flexibility index (Phi) is 7.11. The van der Waals surface area contributed by atoms with Crippen LogP contribution in [-0.4, -0.2) is 29.0 Å². The van der Waals surface area contributed by atoms with E-state index in [0.717, 1.165) is 12.8 Å². The van der Waals surface area contributed by atoms with Crippen LogP contribution in [0.5, 0.6) is 5.75 Å². The Bertz CT molecular complexity index is 698. The molecule has 1 aliphatic carbocycles. The smallest absolute Gasteiger partial charge is 0.307 e. The number of aliphatic carboxylic acids is 1. The van der Waals surface area contributed by atoms with Crippen molar-refractivity contribution >= 4 is 41.0 Å². The highest BCUT2D eigenvalue weighted by Gasteiger charge is 2.36. The van der Waals surface area contributed by atoms with Gasteiger partial charge in [0, 0.05) is 5.02 Å². The molecular weight excluding hydrogens is 383 g/mol. The van der Waals surface area contributed by atoms with Gasteiger partial charge in [-0.25, -0.2) is 0 Å². The Labute approximate surface area is 161 Å². The molecular formula is C17H20Cl2N2O5. The second-order valence-electron chi connectivity index (χ2n) is 6.15. The van der Waals surface area contributed by atoms with Crippen LogP contribution in [0.1, 0.15) is 32.6 Å². The third kappa shape index (κ3) is 5.25. The number of carboxylic acid groups (broad SMARTS) is 1. The van der Waals surface area contributed by atoms with Gasteiger partial charge in [-0.3, -0.25) is 25.2 Å². The van der Waals surface area contributed by atoms with Crippen molar-refractivity contribution in [2.24, 2.45) is 11.8 Å². The number of ether oxygens (including phenoxy) is 1. The maximum Gasteiger partial charge on any atom is 0.307 e. The van der Waals surface area contributed by atoms with Gasteiger partial charge in [-0.15, -0.1) is 0 Å². The number of halogens is 2. The second kappa shape index (κ2) is 9.09. The molecule has 0 saturated heterocycles. The number of carboxylic acids is 1. The van der Waals surface area contributed by atoms with Crippen LogP contribution in [-0.2, 0) is 14.4 Å². The van der Waals surface area contributed by atoms with Crippen LogP contribution in [0.25, 0.3) is 0 Å². The summed E-state index contributed by atoms with van der Waals surface area (Å²) in [6.45, 7) is 1.49. The van der Waals surface area contributed by atoms with Gasteiger partial charge < -0.3 is 9.84 Å². The van der Waals surface area contributed by atoms with E-state index < -0.39 is 35.7 Å². The summed E-state index contributed by atoms with van der Waals surface area (Å²) in [6, 6.07) is 4.59. The van der Waals surface area contributed by atoms with Gasteiger partial charge in [0.15, 0.2) is 6.10 Å². The first-order valence-corrected chi connectivity index (χ1v) is 8.99. The molecule has 3 atom stereocenters. The molecule has 7 nitrogen and oxygen atoms in total. The van der Waals surface area contributed by atoms with E-state index in [1.165, 1.54) is 19.1 Å². The fourth-order valence-electron chi connectivity index (χ4n) is 2.87. The Morgan fingerprint density at radius 2 is 1.81 bits per heavy atom. The maximum atomic E-state index is 12.2. The van der Waals surface area contributed by atoms with Crippen molar-refractivity contribution < 1.29 is 24.2 Å². The fraction of sp³-hybridized carbons (Fsp3) is 0.471. The summed E-state index contributed by atoms with van der Waals surface area (Å²) < 4.78 is 5.45. The number of rotatable bonds is 5. The van der Waals surface area contributed by atoms with Gasteiger partial charge in [0.1, 0.15) is 5.75 Å². The van der Waals surface area contributed by atoms with Crippen molar-refractivity contribution in [3.05, 3.63) is 28.2 Å². The average molecular weight is 403 g/mol. The number of benzene rings is 1. The molecule has 1 aromatic carbocycles. The lowest BCUT2D eigenvalue weighted by Crippen LogP contribution is -2.51. The molecule has 1 aliphatic rings. The first-order chi connectivity index (χ1) is 12.3. The van der Waals surface area contributed by atoms with E-state index in [0.29, 0.717) is 17.9 Å².